The van der Waals surface area contributed by atoms with E-state index >= 15 is 0 Å². The van der Waals surface area contributed by atoms with E-state index in [0.717, 1.165) is 36.6 Å². The van der Waals surface area contributed by atoms with Gasteiger partial charge in [-0.3, -0.25) is 10.1 Å². The second-order valence-corrected chi connectivity index (χ2v) is 9.13. The number of hydrogen-bond donors (Lipinski definition) is 0. The van der Waals surface area contributed by atoms with Crippen LogP contribution in [0.1, 0.15) is 24.8 Å². The van der Waals surface area contributed by atoms with Gasteiger partial charge in [-0.05, 0) is 43.5 Å². The van der Waals surface area contributed by atoms with Crippen LogP contribution in [0.5, 0.6) is 0 Å². The molecule has 26 heavy (non-hydrogen) atoms. The summed E-state index contributed by atoms with van der Waals surface area (Å²) in [7, 11) is -3.53. The van der Waals surface area contributed by atoms with Crippen LogP contribution >= 0.6 is 11.8 Å². The number of rotatable bonds is 5. The maximum atomic E-state index is 12.6. The van der Waals surface area contributed by atoms with Crippen LogP contribution in [0.15, 0.2) is 51.3 Å². The molecule has 0 aliphatic carbocycles. The van der Waals surface area contributed by atoms with Crippen LogP contribution in [-0.4, -0.2) is 35.7 Å². The number of nitrogens with zero attached hydrogens (tertiary/aromatic N) is 3. The van der Waals surface area contributed by atoms with E-state index in [-0.39, 0.29) is 10.6 Å². The molecule has 0 amide bonds. The first-order valence-corrected chi connectivity index (χ1v) is 10.5. The van der Waals surface area contributed by atoms with Gasteiger partial charge in [0.1, 0.15) is 9.92 Å². The van der Waals surface area contributed by atoms with Crippen LogP contribution in [0.25, 0.3) is 0 Å². The minimum absolute atomic E-state index is 0.0156. The highest BCUT2D eigenvalue weighted by atomic mass is 32.2. The van der Waals surface area contributed by atoms with Crippen molar-refractivity contribution in [3.63, 3.8) is 0 Å². The van der Waals surface area contributed by atoms with Crippen molar-refractivity contribution >= 4 is 27.5 Å². The normalized spacial score (nSPS) is 15.7. The monoisotopic (exact) mass is 393 g/mol. The number of pyridine rings is 1. The fourth-order valence-corrected chi connectivity index (χ4v) is 5.11. The van der Waals surface area contributed by atoms with E-state index in [2.05, 4.69) is 4.98 Å². The summed E-state index contributed by atoms with van der Waals surface area (Å²) in [6, 6.07) is 8.09. The van der Waals surface area contributed by atoms with Crippen molar-refractivity contribution in [2.45, 2.75) is 41.0 Å². The first-order valence-electron chi connectivity index (χ1n) is 8.27. The predicted octanol–water partition coefficient (Wildman–Crippen LogP) is 3.62. The molecule has 1 aromatic carbocycles. The number of benzene rings is 1. The van der Waals surface area contributed by atoms with Gasteiger partial charge < -0.3 is 0 Å². The lowest BCUT2D eigenvalue weighted by atomic mass is 10.2. The van der Waals surface area contributed by atoms with Crippen LogP contribution in [0.4, 0.5) is 5.69 Å². The molecule has 0 bridgehead atoms. The lowest BCUT2D eigenvalue weighted by Crippen LogP contribution is -2.35. The molecule has 2 aromatic rings. The molecule has 1 fully saturated rings. The third kappa shape index (κ3) is 4.05. The lowest BCUT2D eigenvalue weighted by Gasteiger charge is -2.25. The minimum Gasteiger partial charge on any atom is -0.258 e. The van der Waals surface area contributed by atoms with E-state index in [0.29, 0.717) is 23.0 Å². The molecular weight excluding hydrogens is 374 g/mol. The van der Waals surface area contributed by atoms with E-state index in [1.54, 1.807) is 25.1 Å². The lowest BCUT2D eigenvalue weighted by molar-refractivity contribution is -0.387. The maximum absolute atomic E-state index is 12.6. The summed E-state index contributed by atoms with van der Waals surface area (Å²) in [6.45, 7) is 2.86. The van der Waals surface area contributed by atoms with Gasteiger partial charge in [-0.25, -0.2) is 13.4 Å². The Labute approximate surface area is 156 Å². The van der Waals surface area contributed by atoms with Crippen LogP contribution in [-0.2, 0) is 10.0 Å². The molecule has 0 atom stereocenters. The Hall–Kier alpha value is -1.97. The van der Waals surface area contributed by atoms with Crippen molar-refractivity contribution in [3.05, 3.63) is 52.2 Å². The fourth-order valence-electron chi connectivity index (χ4n) is 2.80. The van der Waals surface area contributed by atoms with Gasteiger partial charge in [-0.2, -0.15) is 4.31 Å². The summed E-state index contributed by atoms with van der Waals surface area (Å²) in [5.41, 5.74) is 0.818. The highest BCUT2D eigenvalue weighted by molar-refractivity contribution is 7.99. The summed E-state index contributed by atoms with van der Waals surface area (Å²) in [5, 5.41) is 11.7. The number of nitro benzene ring substituents is 1. The summed E-state index contributed by atoms with van der Waals surface area (Å²) >= 11 is 1.14. The number of hydrogen-bond acceptors (Lipinski definition) is 6. The molecule has 3 rings (SSSR count). The minimum atomic E-state index is -3.53. The maximum Gasteiger partial charge on any atom is 0.283 e. The largest absolute Gasteiger partial charge is 0.283 e. The van der Waals surface area contributed by atoms with Gasteiger partial charge in [0.2, 0.25) is 10.0 Å². The molecule has 1 aliphatic rings. The molecular formula is C17H19N3O4S2. The Bertz CT molecular complexity index is 908. The Morgan fingerprint density at radius 1 is 1.15 bits per heavy atom. The molecule has 9 heteroatoms. The average molecular weight is 393 g/mol. The molecule has 0 radical (unpaired) electrons. The zero-order valence-electron chi connectivity index (χ0n) is 14.3. The van der Waals surface area contributed by atoms with E-state index in [4.69, 9.17) is 0 Å². The number of aryl methyl sites for hydroxylation is 1. The van der Waals surface area contributed by atoms with E-state index < -0.39 is 14.9 Å². The van der Waals surface area contributed by atoms with Gasteiger partial charge in [0.25, 0.3) is 5.69 Å². The zero-order chi connectivity index (χ0) is 18.7. The van der Waals surface area contributed by atoms with Gasteiger partial charge in [0.05, 0.1) is 9.82 Å². The van der Waals surface area contributed by atoms with E-state index in [1.165, 1.54) is 22.6 Å². The SMILES string of the molecule is Cc1ccc(Sc2ccc(S(=O)(=O)N3CCCCC3)cn2)c([N+](=O)[O-])c1. The number of aromatic nitrogens is 1. The van der Waals surface area contributed by atoms with Gasteiger partial charge in [-0.1, -0.05) is 24.2 Å². The molecule has 0 unspecified atom stereocenters. The van der Waals surface area contributed by atoms with Crippen LogP contribution in [0.3, 0.4) is 0 Å². The fraction of sp³-hybridized carbons (Fsp3) is 0.353. The van der Waals surface area contributed by atoms with Gasteiger partial charge in [0.15, 0.2) is 0 Å². The summed E-state index contributed by atoms with van der Waals surface area (Å²) < 4.78 is 26.7. The second-order valence-electron chi connectivity index (χ2n) is 6.13. The Kier molecular flexibility index (Phi) is 5.59. The summed E-state index contributed by atoms with van der Waals surface area (Å²) in [6.07, 6.45) is 4.12. The van der Waals surface area contributed by atoms with Crippen molar-refractivity contribution in [3.8, 4) is 0 Å². The van der Waals surface area contributed by atoms with Crippen LogP contribution in [0, 0.1) is 17.0 Å². The molecule has 0 N–H and O–H groups in total. The Balaban J connectivity index is 1.81. The molecule has 1 saturated heterocycles. The number of sulfonamides is 1. The van der Waals surface area contributed by atoms with Crippen molar-refractivity contribution < 1.29 is 13.3 Å². The van der Waals surface area contributed by atoms with E-state index in [1.807, 2.05) is 0 Å². The smallest absolute Gasteiger partial charge is 0.258 e. The van der Waals surface area contributed by atoms with Crippen LogP contribution < -0.4 is 0 Å². The molecule has 7 nitrogen and oxygen atoms in total. The second kappa shape index (κ2) is 7.73. The average Bonchev–Trinajstić information content (AvgIpc) is 2.64. The zero-order valence-corrected chi connectivity index (χ0v) is 15.9. The molecule has 2 heterocycles. The predicted molar refractivity (Wildman–Crippen MR) is 98.8 cm³/mol. The van der Waals surface area contributed by atoms with Gasteiger partial charge in [0, 0.05) is 25.4 Å². The molecule has 1 aliphatic heterocycles. The molecule has 138 valence electrons. The number of nitro groups is 1. The Morgan fingerprint density at radius 2 is 1.88 bits per heavy atom. The van der Waals surface area contributed by atoms with Crippen molar-refractivity contribution in [2.75, 3.05) is 13.1 Å². The summed E-state index contributed by atoms with van der Waals surface area (Å²) in [5.74, 6) is 0. The number of piperidine rings is 1. The van der Waals surface area contributed by atoms with Crippen molar-refractivity contribution in [2.24, 2.45) is 0 Å². The van der Waals surface area contributed by atoms with Gasteiger partial charge in [-0.15, -0.1) is 0 Å². The topological polar surface area (TPSA) is 93.4 Å². The van der Waals surface area contributed by atoms with Crippen LogP contribution in [0.2, 0.25) is 0 Å². The Morgan fingerprint density at radius 3 is 2.50 bits per heavy atom. The van der Waals surface area contributed by atoms with Crippen molar-refractivity contribution in [1.82, 2.24) is 9.29 Å². The highest BCUT2D eigenvalue weighted by Crippen LogP contribution is 2.34. The first kappa shape index (κ1) is 18.8. The molecule has 0 spiro atoms. The molecule has 1 aromatic heterocycles. The third-order valence-electron chi connectivity index (χ3n) is 4.19. The third-order valence-corrected chi connectivity index (χ3v) is 7.09. The van der Waals surface area contributed by atoms with Gasteiger partial charge >= 0.3 is 0 Å². The van der Waals surface area contributed by atoms with Crippen molar-refractivity contribution in [1.29, 1.82) is 0 Å². The van der Waals surface area contributed by atoms with E-state index in [9.17, 15) is 18.5 Å². The highest BCUT2D eigenvalue weighted by Gasteiger charge is 2.26. The molecule has 0 saturated carbocycles. The first-order chi connectivity index (χ1) is 12.4. The quantitative estimate of drug-likeness (QED) is 0.569. The summed E-state index contributed by atoms with van der Waals surface area (Å²) in [4.78, 5) is 15.6. The standard InChI is InChI=1S/C17H19N3O4S2/c1-13-5-7-16(15(11-13)20(21)22)25-17-8-6-14(12-18-17)26(23,24)19-9-3-2-4-10-19/h5-8,11-12H,2-4,9-10H2,1H3.